The number of para-hydroxylation sites is 1. The highest BCUT2D eigenvalue weighted by molar-refractivity contribution is 5.41. The van der Waals surface area contributed by atoms with Gasteiger partial charge in [-0.15, -0.1) is 0 Å². The summed E-state index contributed by atoms with van der Waals surface area (Å²) in [5.41, 5.74) is 4.33. The van der Waals surface area contributed by atoms with Gasteiger partial charge in [0, 0.05) is 18.0 Å². The van der Waals surface area contributed by atoms with E-state index in [0.717, 1.165) is 18.9 Å². The van der Waals surface area contributed by atoms with Crippen molar-refractivity contribution < 1.29 is 4.74 Å². The smallest absolute Gasteiger partial charge is 0.124 e. The molecule has 2 heteroatoms. The molecule has 2 unspecified atom stereocenters. The first-order valence-corrected chi connectivity index (χ1v) is 6.95. The molecule has 19 heavy (non-hydrogen) atoms. The van der Waals surface area contributed by atoms with E-state index >= 15 is 0 Å². The molecule has 2 aliphatic rings. The highest BCUT2D eigenvalue weighted by atomic mass is 16.5. The molecule has 1 aliphatic carbocycles. The van der Waals surface area contributed by atoms with Gasteiger partial charge < -0.3 is 10.1 Å². The molecule has 0 spiro atoms. The van der Waals surface area contributed by atoms with Crippen LogP contribution in [0.2, 0.25) is 0 Å². The van der Waals surface area contributed by atoms with Crippen LogP contribution < -0.4 is 10.1 Å². The largest absolute Gasteiger partial charge is 0.491 e. The molecule has 2 aromatic carbocycles. The van der Waals surface area contributed by atoms with Crippen LogP contribution in [0.15, 0.2) is 48.5 Å². The van der Waals surface area contributed by atoms with Crippen LogP contribution in [0.25, 0.3) is 0 Å². The zero-order valence-corrected chi connectivity index (χ0v) is 10.8. The second kappa shape index (κ2) is 4.39. The molecular weight excluding hydrogens is 234 g/mol. The molecule has 0 aromatic heterocycles. The molecule has 0 saturated carbocycles. The standard InChI is InChI=1S/C17H17NO/c1-2-6-14-12(5-1)9-13(14)10-18-16-11-19-17-8-4-3-7-15(16)17/h1-8,13,16,18H,9-11H2. The number of nitrogens with one attached hydrogen (secondary N) is 1. The summed E-state index contributed by atoms with van der Waals surface area (Å²) in [6.45, 7) is 1.80. The molecule has 0 amide bonds. The first kappa shape index (κ1) is 11.1. The van der Waals surface area contributed by atoms with Crippen molar-refractivity contribution in [3.63, 3.8) is 0 Å². The van der Waals surface area contributed by atoms with Crippen molar-refractivity contribution in [1.29, 1.82) is 0 Å². The van der Waals surface area contributed by atoms with E-state index in [2.05, 4.69) is 47.8 Å². The van der Waals surface area contributed by atoms with Gasteiger partial charge in [0.1, 0.15) is 12.4 Å². The van der Waals surface area contributed by atoms with Crippen molar-refractivity contribution in [2.24, 2.45) is 0 Å². The molecule has 1 aliphatic heterocycles. The number of benzene rings is 2. The van der Waals surface area contributed by atoms with Gasteiger partial charge in [0.2, 0.25) is 0 Å². The van der Waals surface area contributed by atoms with E-state index in [1.165, 1.54) is 23.1 Å². The third-order valence-electron chi connectivity index (χ3n) is 4.27. The second-order valence-electron chi connectivity index (χ2n) is 5.41. The molecule has 0 bridgehead atoms. The van der Waals surface area contributed by atoms with E-state index in [1.807, 2.05) is 6.07 Å². The number of ether oxygens (including phenoxy) is 1. The minimum Gasteiger partial charge on any atom is -0.491 e. The normalized spacial score (nSPS) is 23.2. The van der Waals surface area contributed by atoms with Crippen molar-refractivity contribution >= 4 is 0 Å². The van der Waals surface area contributed by atoms with E-state index in [1.54, 1.807) is 0 Å². The van der Waals surface area contributed by atoms with Crippen LogP contribution >= 0.6 is 0 Å². The van der Waals surface area contributed by atoms with E-state index < -0.39 is 0 Å². The number of fused-ring (bicyclic) bond motifs is 2. The Labute approximate surface area is 113 Å². The number of hydrogen-bond donors (Lipinski definition) is 1. The summed E-state index contributed by atoms with van der Waals surface area (Å²) >= 11 is 0. The molecule has 2 atom stereocenters. The minimum absolute atomic E-state index is 0.351. The molecule has 0 saturated heterocycles. The SMILES string of the molecule is c1ccc2c(c1)CC2CNC1COc2ccccc21. The first-order valence-electron chi connectivity index (χ1n) is 6.95. The third-order valence-corrected chi connectivity index (χ3v) is 4.27. The van der Waals surface area contributed by atoms with E-state index in [4.69, 9.17) is 4.74 Å². The van der Waals surface area contributed by atoms with Crippen LogP contribution in [0.5, 0.6) is 5.75 Å². The Morgan fingerprint density at radius 1 is 1.00 bits per heavy atom. The minimum atomic E-state index is 0.351. The number of rotatable bonds is 3. The van der Waals surface area contributed by atoms with Crippen LogP contribution in [0, 0.1) is 0 Å². The highest BCUT2D eigenvalue weighted by Crippen LogP contribution is 2.36. The van der Waals surface area contributed by atoms with Crippen molar-refractivity contribution in [2.45, 2.75) is 18.4 Å². The lowest BCUT2D eigenvalue weighted by Gasteiger charge is -2.31. The Morgan fingerprint density at radius 3 is 2.68 bits per heavy atom. The fraction of sp³-hybridized carbons (Fsp3) is 0.294. The maximum absolute atomic E-state index is 5.70. The van der Waals surface area contributed by atoms with Crippen molar-refractivity contribution in [2.75, 3.05) is 13.2 Å². The molecule has 1 N–H and O–H groups in total. The fourth-order valence-corrected chi connectivity index (χ4v) is 3.16. The predicted octanol–water partition coefficient (Wildman–Crippen LogP) is 3.05. The maximum Gasteiger partial charge on any atom is 0.124 e. The summed E-state index contributed by atoms with van der Waals surface area (Å²) in [4.78, 5) is 0. The van der Waals surface area contributed by atoms with Crippen molar-refractivity contribution in [3.05, 3.63) is 65.2 Å². The Morgan fingerprint density at radius 2 is 1.79 bits per heavy atom. The molecule has 0 radical (unpaired) electrons. The zero-order valence-electron chi connectivity index (χ0n) is 10.8. The Balaban J connectivity index is 1.43. The topological polar surface area (TPSA) is 21.3 Å². The van der Waals surface area contributed by atoms with Crippen LogP contribution in [-0.2, 0) is 6.42 Å². The van der Waals surface area contributed by atoms with E-state index in [0.29, 0.717) is 12.0 Å². The van der Waals surface area contributed by atoms with Gasteiger partial charge in [-0.25, -0.2) is 0 Å². The number of hydrogen-bond acceptors (Lipinski definition) is 2. The molecule has 0 fully saturated rings. The molecule has 96 valence electrons. The highest BCUT2D eigenvalue weighted by Gasteiger charge is 2.28. The zero-order chi connectivity index (χ0) is 12.7. The van der Waals surface area contributed by atoms with E-state index in [-0.39, 0.29) is 0 Å². The van der Waals surface area contributed by atoms with Gasteiger partial charge in [-0.05, 0) is 23.6 Å². The van der Waals surface area contributed by atoms with Crippen LogP contribution in [0.4, 0.5) is 0 Å². The van der Waals surface area contributed by atoms with Gasteiger partial charge in [-0.1, -0.05) is 42.5 Å². The summed E-state index contributed by atoms with van der Waals surface area (Å²) in [7, 11) is 0. The summed E-state index contributed by atoms with van der Waals surface area (Å²) in [6.07, 6.45) is 1.21. The van der Waals surface area contributed by atoms with Crippen molar-refractivity contribution in [1.82, 2.24) is 5.32 Å². The molecule has 2 aromatic rings. The van der Waals surface area contributed by atoms with Gasteiger partial charge in [-0.2, -0.15) is 0 Å². The predicted molar refractivity (Wildman–Crippen MR) is 75.6 cm³/mol. The summed E-state index contributed by atoms with van der Waals surface area (Å²) in [5.74, 6) is 1.71. The lowest BCUT2D eigenvalue weighted by molar-refractivity contribution is 0.307. The quantitative estimate of drug-likeness (QED) is 0.905. The first-order chi connectivity index (χ1) is 9.42. The molecule has 2 nitrogen and oxygen atoms in total. The lowest BCUT2D eigenvalue weighted by atomic mass is 9.77. The summed E-state index contributed by atoms with van der Waals surface area (Å²) in [6, 6.07) is 17.4. The van der Waals surface area contributed by atoms with Gasteiger partial charge in [0.25, 0.3) is 0 Å². The van der Waals surface area contributed by atoms with Gasteiger partial charge in [0.15, 0.2) is 0 Å². The van der Waals surface area contributed by atoms with Crippen LogP contribution in [0.1, 0.15) is 28.7 Å². The maximum atomic E-state index is 5.70. The van der Waals surface area contributed by atoms with E-state index in [9.17, 15) is 0 Å². The van der Waals surface area contributed by atoms with Crippen molar-refractivity contribution in [3.8, 4) is 5.75 Å². The average Bonchev–Trinajstić information content (AvgIpc) is 2.83. The molecular formula is C17H17NO. The van der Waals surface area contributed by atoms with Gasteiger partial charge >= 0.3 is 0 Å². The Hall–Kier alpha value is -1.80. The lowest BCUT2D eigenvalue weighted by Crippen LogP contribution is -2.32. The Kier molecular flexibility index (Phi) is 2.56. The van der Waals surface area contributed by atoms with Crippen LogP contribution in [-0.4, -0.2) is 13.2 Å². The third kappa shape index (κ3) is 1.83. The van der Waals surface area contributed by atoms with Gasteiger partial charge in [-0.3, -0.25) is 0 Å². The average molecular weight is 251 g/mol. The summed E-state index contributed by atoms with van der Waals surface area (Å²) < 4.78 is 5.70. The summed E-state index contributed by atoms with van der Waals surface area (Å²) in [5, 5.41) is 3.66. The Bertz CT molecular complexity index is 608. The monoisotopic (exact) mass is 251 g/mol. The molecule has 1 heterocycles. The second-order valence-corrected chi connectivity index (χ2v) is 5.41. The fourth-order valence-electron chi connectivity index (χ4n) is 3.16. The van der Waals surface area contributed by atoms with Gasteiger partial charge in [0.05, 0.1) is 6.04 Å². The van der Waals surface area contributed by atoms with Crippen LogP contribution in [0.3, 0.4) is 0 Å². The molecule has 4 rings (SSSR count).